The predicted molar refractivity (Wildman–Crippen MR) is 91.8 cm³/mol. The lowest BCUT2D eigenvalue weighted by Crippen LogP contribution is -2.11. The van der Waals surface area contributed by atoms with E-state index in [1.165, 1.54) is 5.57 Å². The first-order valence-corrected chi connectivity index (χ1v) is 8.41. The Bertz CT molecular complexity index is 740. The Morgan fingerprint density at radius 3 is 2.83 bits per heavy atom. The van der Waals surface area contributed by atoms with Gasteiger partial charge >= 0.3 is 5.97 Å². The van der Waals surface area contributed by atoms with E-state index in [0.29, 0.717) is 13.0 Å². The molecule has 0 bridgehead atoms. The molecule has 0 heterocycles. The molecule has 0 saturated heterocycles. The molecule has 3 rings (SSSR count). The molecule has 4 nitrogen and oxygen atoms in total. The van der Waals surface area contributed by atoms with Crippen LogP contribution in [0.4, 0.5) is 0 Å². The number of fused-ring (bicyclic) bond motifs is 1. The van der Waals surface area contributed by atoms with Crippen molar-refractivity contribution in [2.75, 3.05) is 13.7 Å². The maximum absolute atomic E-state index is 12.4. The van der Waals surface area contributed by atoms with Gasteiger partial charge in [-0.15, -0.1) is 0 Å². The summed E-state index contributed by atoms with van der Waals surface area (Å²) >= 11 is 0. The number of ether oxygens (including phenoxy) is 2. The van der Waals surface area contributed by atoms with E-state index in [9.17, 15) is 9.59 Å². The van der Waals surface area contributed by atoms with Crippen molar-refractivity contribution in [2.45, 2.75) is 39.0 Å². The van der Waals surface area contributed by atoms with Gasteiger partial charge in [0.25, 0.3) is 0 Å². The normalized spacial score (nSPS) is 16.8. The van der Waals surface area contributed by atoms with Crippen LogP contribution in [-0.4, -0.2) is 25.5 Å². The maximum Gasteiger partial charge on any atom is 0.310 e. The molecule has 0 amide bonds. The van der Waals surface area contributed by atoms with E-state index < -0.39 is 0 Å². The van der Waals surface area contributed by atoms with Crippen LogP contribution in [0.5, 0.6) is 5.75 Å². The summed E-state index contributed by atoms with van der Waals surface area (Å²) in [6.07, 6.45) is 5.24. The summed E-state index contributed by atoms with van der Waals surface area (Å²) in [7, 11) is 1.64. The lowest BCUT2D eigenvalue weighted by atomic mass is 9.88. The Balaban J connectivity index is 2.07. The van der Waals surface area contributed by atoms with Crippen LogP contribution < -0.4 is 4.74 Å². The fourth-order valence-corrected chi connectivity index (χ4v) is 3.45. The molecule has 2 aliphatic rings. The number of rotatable bonds is 4. The van der Waals surface area contributed by atoms with Crippen molar-refractivity contribution >= 4 is 17.3 Å². The second-order valence-electron chi connectivity index (χ2n) is 6.15. The number of benzene rings is 1. The second kappa shape index (κ2) is 7.04. The molecule has 0 N–H and O–H groups in total. The molecule has 0 unspecified atom stereocenters. The van der Waals surface area contributed by atoms with Crippen LogP contribution in [0.2, 0.25) is 0 Å². The number of hydrogen-bond donors (Lipinski definition) is 0. The van der Waals surface area contributed by atoms with Gasteiger partial charge in [-0.05, 0) is 61.1 Å². The molecule has 4 heteroatoms. The van der Waals surface area contributed by atoms with Gasteiger partial charge in [-0.3, -0.25) is 9.59 Å². The molecular formula is C20H22O4. The molecule has 0 radical (unpaired) electrons. The maximum atomic E-state index is 12.4. The number of carbonyl (C=O) groups excluding carboxylic acids is 2. The minimum absolute atomic E-state index is 0.178. The third-order valence-electron chi connectivity index (χ3n) is 4.58. The number of ketones is 1. The highest BCUT2D eigenvalue weighted by Crippen LogP contribution is 2.37. The summed E-state index contributed by atoms with van der Waals surface area (Å²) in [5.74, 6) is 0.700. The Morgan fingerprint density at radius 1 is 1.25 bits per heavy atom. The third kappa shape index (κ3) is 3.28. The van der Waals surface area contributed by atoms with E-state index in [1.54, 1.807) is 14.0 Å². The lowest BCUT2D eigenvalue weighted by molar-refractivity contribution is -0.141. The van der Waals surface area contributed by atoms with Gasteiger partial charge < -0.3 is 9.47 Å². The van der Waals surface area contributed by atoms with E-state index in [0.717, 1.165) is 47.3 Å². The summed E-state index contributed by atoms with van der Waals surface area (Å²) in [6, 6.07) is 5.87. The fraction of sp³-hybridized carbons (Fsp3) is 0.400. The molecule has 0 aromatic heterocycles. The Kier molecular flexibility index (Phi) is 4.84. The van der Waals surface area contributed by atoms with Gasteiger partial charge in [0.05, 0.1) is 20.1 Å². The number of hydrogen-bond acceptors (Lipinski definition) is 4. The molecule has 126 valence electrons. The molecule has 0 atom stereocenters. The lowest BCUT2D eigenvalue weighted by Gasteiger charge is -2.16. The third-order valence-corrected chi connectivity index (χ3v) is 4.58. The largest absolute Gasteiger partial charge is 0.497 e. The fourth-order valence-electron chi connectivity index (χ4n) is 3.45. The Morgan fingerprint density at radius 2 is 2.08 bits per heavy atom. The zero-order valence-corrected chi connectivity index (χ0v) is 14.2. The number of esters is 1. The van der Waals surface area contributed by atoms with Crippen molar-refractivity contribution in [3.05, 3.63) is 46.5 Å². The molecule has 2 aliphatic carbocycles. The monoisotopic (exact) mass is 326 g/mol. The number of methoxy groups -OCH3 is 1. The van der Waals surface area contributed by atoms with E-state index in [4.69, 9.17) is 9.47 Å². The highest BCUT2D eigenvalue weighted by Gasteiger charge is 2.25. The van der Waals surface area contributed by atoms with Gasteiger partial charge in [0, 0.05) is 12.0 Å². The van der Waals surface area contributed by atoms with Crippen molar-refractivity contribution in [1.29, 1.82) is 0 Å². The zero-order valence-electron chi connectivity index (χ0n) is 14.2. The molecule has 1 aromatic rings. The van der Waals surface area contributed by atoms with Gasteiger partial charge in [0.15, 0.2) is 5.78 Å². The highest BCUT2D eigenvalue weighted by molar-refractivity contribution is 6.03. The summed E-state index contributed by atoms with van der Waals surface area (Å²) < 4.78 is 10.4. The smallest absolute Gasteiger partial charge is 0.310 e. The number of allylic oxidation sites excluding steroid dienone is 3. The van der Waals surface area contributed by atoms with Gasteiger partial charge in [0.2, 0.25) is 0 Å². The number of Topliss-reactive ketones (excluding diaryl/α,β-unsaturated/α-hetero) is 1. The second-order valence-corrected chi connectivity index (χ2v) is 6.15. The minimum atomic E-state index is -0.266. The minimum Gasteiger partial charge on any atom is -0.497 e. The van der Waals surface area contributed by atoms with E-state index in [1.807, 2.05) is 24.3 Å². The summed E-state index contributed by atoms with van der Waals surface area (Å²) in [5.41, 5.74) is 4.91. The van der Waals surface area contributed by atoms with Crippen LogP contribution >= 0.6 is 0 Å². The first kappa shape index (κ1) is 16.5. The molecule has 0 fully saturated rings. The standard InChI is InChI=1S/C20H22O4/c1-3-24-20(22)12-15-11-18-13(5-4-6-19(18)21)9-14-10-16(23-2)7-8-17(14)15/h7-8,10-11H,3-6,9,12H2,1-2H3. The average molecular weight is 326 g/mol. The van der Waals surface area contributed by atoms with Gasteiger partial charge in [0.1, 0.15) is 5.75 Å². The Hall–Kier alpha value is -2.36. The van der Waals surface area contributed by atoms with Gasteiger partial charge in [-0.25, -0.2) is 0 Å². The molecule has 24 heavy (non-hydrogen) atoms. The van der Waals surface area contributed by atoms with Crippen LogP contribution in [0.15, 0.2) is 35.4 Å². The average Bonchev–Trinajstić information content (AvgIpc) is 2.72. The molecule has 1 aromatic carbocycles. The first-order chi connectivity index (χ1) is 11.6. The summed E-state index contributed by atoms with van der Waals surface area (Å²) in [4.78, 5) is 24.4. The zero-order chi connectivity index (χ0) is 17.1. The van der Waals surface area contributed by atoms with Crippen molar-refractivity contribution in [3.8, 4) is 5.75 Å². The predicted octanol–water partition coefficient (Wildman–Crippen LogP) is 3.64. The Labute approximate surface area is 142 Å². The summed E-state index contributed by atoms with van der Waals surface area (Å²) in [5, 5.41) is 0. The molecule has 0 spiro atoms. The van der Waals surface area contributed by atoms with Crippen LogP contribution in [0.25, 0.3) is 5.57 Å². The van der Waals surface area contributed by atoms with E-state index >= 15 is 0 Å². The SMILES string of the molecule is CCOC(=O)CC1=CC2=C(CCCC2=O)Cc2cc(OC)ccc21. The van der Waals surface area contributed by atoms with Crippen LogP contribution in [-0.2, 0) is 20.7 Å². The van der Waals surface area contributed by atoms with Crippen molar-refractivity contribution in [2.24, 2.45) is 0 Å². The van der Waals surface area contributed by atoms with Crippen molar-refractivity contribution < 1.29 is 19.1 Å². The van der Waals surface area contributed by atoms with Crippen molar-refractivity contribution in [3.63, 3.8) is 0 Å². The molecule has 0 aliphatic heterocycles. The topological polar surface area (TPSA) is 52.6 Å². The molecular weight excluding hydrogens is 304 g/mol. The van der Waals surface area contributed by atoms with Gasteiger partial charge in [-0.1, -0.05) is 11.6 Å². The quantitative estimate of drug-likeness (QED) is 0.793. The summed E-state index contributed by atoms with van der Waals surface area (Å²) in [6.45, 7) is 2.15. The van der Waals surface area contributed by atoms with E-state index in [2.05, 4.69) is 0 Å². The number of carbonyl (C=O) groups is 2. The van der Waals surface area contributed by atoms with Gasteiger partial charge in [-0.2, -0.15) is 0 Å². The van der Waals surface area contributed by atoms with Crippen LogP contribution in [0.1, 0.15) is 43.7 Å². The van der Waals surface area contributed by atoms with Crippen molar-refractivity contribution in [1.82, 2.24) is 0 Å². The molecule has 0 saturated carbocycles. The van der Waals surface area contributed by atoms with E-state index in [-0.39, 0.29) is 18.2 Å². The van der Waals surface area contributed by atoms with Crippen LogP contribution in [0.3, 0.4) is 0 Å². The first-order valence-electron chi connectivity index (χ1n) is 8.41. The highest BCUT2D eigenvalue weighted by atomic mass is 16.5. The van der Waals surface area contributed by atoms with Crippen LogP contribution in [0, 0.1) is 0 Å².